The van der Waals surface area contributed by atoms with E-state index >= 15 is 0 Å². The molecule has 3 rings (SSSR count). The van der Waals surface area contributed by atoms with E-state index in [0.717, 1.165) is 62.3 Å². The highest BCUT2D eigenvalue weighted by Crippen LogP contribution is 2.30. The highest BCUT2D eigenvalue weighted by atomic mass is 15.3. The van der Waals surface area contributed by atoms with Gasteiger partial charge in [-0.3, -0.25) is 0 Å². The van der Waals surface area contributed by atoms with Gasteiger partial charge in [-0.1, -0.05) is 49.8 Å². The molecule has 162 valence electrons. The number of hydrogen-bond acceptors (Lipinski definition) is 6. The first-order chi connectivity index (χ1) is 14.7. The molecule has 0 aliphatic heterocycles. The molecule has 30 heavy (non-hydrogen) atoms. The summed E-state index contributed by atoms with van der Waals surface area (Å²) in [5.41, 5.74) is 10.6. The number of aromatic nitrogens is 3. The maximum Gasteiger partial charge on any atom is 0.166 e. The summed E-state index contributed by atoms with van der Waals surface area (Å²) < 4.78 is 2.05. The first-order valence-corrected chi connectivity index (χ1v) is 10.8. The van der Waals surface area contributed by atoms with Crippen LogP contribution >= 0.6 is 0 Å². The molecule has 2 aliphatic rings. The Morgan fingerprint density at radius 2 is 2.10 bits per heavy atom. The highest BCUT2D eigenvalue weighted by Gasteiger charge is 2.21. The number of rotatable bonds is 8. The molecule has 0 bridgehead atoms. The summed E-state index contributed by atoms with van der Waals surface area (Å²) >= 11 is 0. The van der Waals surface area contributed by atoms with E-state index in [-0.39, 0.29) is 5.92 Å². The number of nitrogens with zero attached hydrogens (tertiary/aromatic N) is 4. The van der Waals surface area contributed by atoms with Crippen molar-refractivity contribution < 1.29 is 0 Å². The summed E-state index contributed by atoms with van der Waals surface area (Å²) in [5.74, 6) is 13.9. The van der Waals surface area contributed by atoms with Crippen molar-refractivity contribution in [1.29, 1.82) is 0 Å². The molecule has 0 fully saturated rings. The molecule has 0 aromatic carbocycles. The third-order valence-corrected chi connectivity index (χ3v) is 5.58. The van der Waals surface area contributed by atoms with E-state index in [1.165, 1.54) is 5.57 Å². The largest absolute Gasteiger partial charge is 0.324 e. The Hall–Kier alpha value is -2.71. The Morgan fingerprint density at radius 1 is 1.27 bits per heavy atom. The number of hydrogen-bond donors (Lipinski definition) is 4. The predicted molar refractivity (Wildman–Crippen MR) is 121 cm³/mol. The summed E-state index contributed by atoms with van der Waals surface area (Å²) in [4.78, 5) is 4.62. The van der Waals surface area contributed by atoms with E-state index in [0.29, 0.717) is 18.3 Å². The Balaban J connectivity index is 1.75. The lowest BCUT2D eigenvalue weighted by atomic mass is 9.86. The molecule has 0 radical (unpaired) electrons. The third kappa shape index (κ3) is 5.25. The van der Waals surface area contributed by atoms with Crippen molar-refractivity contribution in [3.8, 4) is 0 Å². The quantitative estimate of drug-likeness (QED) is 0.171. The van der Waals surface area contributed by atoms with Gasteiger partial charge in [0.15, 0.2) is 11.7 Å². The number of nitrogens with two attached hydrogens (primary N) is 3. The molecule has 1 aromatic rings. The molecule has 8 heteroatoms. The number of hydrazine groups is 1. The van der Waals surface area contributed by atoms with Crippen LogP contribution in [0.4, 0.5) is 0 Å². The SMILES string of the molecule is CCCCc1nc(CN)nn1CC1C=C[C@@H](C2=CCCC=C2/C(=N/N)NN)C=CC1. The zero-order valence-electron chi connectivity index (χ0n) is 17.8. The maximum absolute atomic E-state index is 5.77. The molecule has 1 unspecified atom stereocenters. The summed E-state index contributed by atoms with van der Waals surface area (Å²) in [5, 5.41) is 8.43. The topological polar surface area (TPSA) is 133 Å². The summed E-state index contributed by atoms with van der Waals surface area (Å²) in [7, 11) is 0. The van der Waals surface area contributed by atoms with Crippen molar-refractivity contribution in [1.82, 2.24) is 20.2 Å². The molecular weight excluding hydrogens is 376 g/mol. The fourth-order valence-electron chi connectivity index (χ4n) is 3.99. The normalized spacial score (nSPS) is 21.9. The minimum Gasteiger partial charge on any atom is -0.324 e. The maximum atomic E-state index is 5.77. The van der Waals surface area contributed by atoms with Gasteiger partial charge in [0.05, 0.1) is 6.54 Å². The average molecular weight is 411 g/mol. The molecule has 0 spiro atoms. The highest BCUT2D eigenvalue weighted by molar-refractivity contribution is 6.02. The second-order valence-electron chi connectivity index (χ2n) is 7.75. The van der Waals surface area contributed by atoms with Crippen LogP contribution in [0.15, 0.2) is 52.7 Å². The van der Waals surface area contributed by atoms with Crippen LogP contribution in [-0.2, 0) is 19.5 Å². The van der Waals surface area contributed by atoms with Crippen molar-refractivity contribution in [3.63, 3.8) is 0 Å². The van der Waals surface area contributed by atoms with E-state index < -0.39 is 0 Å². The number of unbranched alkanes of at least 4 members (excludes halogenated alkanes) is 1. The van der Waals surface area contributed by atoms with Crippen LogP contribution in [0.2, 0.25) is 0 Å². The van der Waals surface area contributed by atoms with Gasteiger partial charge in [-0.15, -0.1) is 0 Å². The monoisotopic (exact) mass is 410 g/mol. The molecule has 0 saturated carbocycles. The van der Waals surface area contributed by atoms with Crippen molar-refractivity contribution in [2.24, 2.45) is 34.4 Å². The molecular formula is C22H34N8. The first-order valence-electron chi connectivity index (χ1n) is 10.8. The second kappa shape index (κ2) is 10.9. The number of allylic oxidation sites excluding steroid dienone is 6. The molecule has 2 atom stereocenters. The minimum atomic E-state index is 0.168. The molecule has 1 aromatic heterocycles. The molecule has 0 amide bonds. The zero-order chi connectivity index (χ0) is 21.3. The molecule has 7 N–H and O–H groups in total. The van der Waals surface area contributed by atoms with Gasteiger partial charge in [0.2, 0.25) is 0 Å². The minimum absolute atomic E-state index is 0.168. The standard InChI is InChI=1S/C22H34N8/c1-2-3-11-21-26-20(14-23)29-30(21)15-16-7-6-8-17(13-12-16)18-9-4-5-10-19(18)22(27-24)28-25/h6,8-10,12-13,16-17H,2-5,7,11,14-15,23-25H2,1H3,(H,27,28)/t16?,17-/m0/s1. The molecule has 8 nitrogen and oxygen atoms in total. The summed E-state index contributed by atoms with van der Waals surface area (Å²) in [6.07, 6.45) is 19.6. The van der Waals surface area contributed by atoms with Crippen molar-refractivity contribution >= 4 is 5.84 Å². The van der Waals surface area contributed by atoms with E-state index in [1.54, 1.807) is 0 Å². The van der Waals surface area contributed by atoms with Gasteiger partial charge in [-0.2, -0.15) is 10.2 Å². The van der Waals surface area contributed by atoms with Crippen molar-refractivity contribution in [2.45, 2.75) is 58.5 Å². The van der Waals surface area contributed by atoms with Crippen LogP contribution < -0.4 is 22.8 Å². The lowest BCUT2D eigenvalue weighted by Gasteiger charge is -2.21. The predicted octanol–water partition coefficient (Wildman–Crippen LogP) is 2.21. The second-order valence-corrected chi connectivity index (χ2v) is 7.75. The lowest BCUT2D eigenvalue weighted by molar-refractivity contribution is 0.471. The molecule has 2 aliphatic carbocycles. The Labute approximate surface area is 178 Å². The van der Waals surface area contributed by atoms with Crippen molar-refractivity contribution in [2.75, 3.05) is 0 Å². The molecule has 0 saturated heterocycles. The Kier molecular flexibility index (Phi) is 7.98. The Morgan fingerprint density at radius 3 is 2.83 bits per heavy atom. The molecule has 1 heterocycles. The fourth-order valence-corrected chi connectivity index (χ4v) is 3.99. The smallest absolute Gasteiger partial charge is 0.166 e. The number of hydrazone groups is 1. The third-order valence-electron chi connectivity index (χ3n) is 5.58. The van der Waals surface area contributed by atoms with Crippen LogP contribution in [0.1, 0.15) is 50.7 Å². The number of nitrogens with one attached hydrogen (secondary N) is 1. The summed E-state index contributed by atoms with van der Waals surface area (Å²) in [6.45, 7) is 3.37. The lowest BCUT2D eigenvalue weighted by Crippen LogP contribution is -2.34. The van der Waals surface area contributed by atoms with Gasteiger partial charge in [0.25, 0.3) is 0 Å². The van der Waals surface area contributed by atoms with Crippen LogP contribution in [0.3, 0.4) is 0 Å². The van der Waals surface area contributed by atoms with Gasteiger partial charge in [0, 0.05) is 24.5 Å². The Bertz CT molecular complexity index is 858. The van der Waals surface area contributed by atoms with Gasteiger partial charge in [-0.05, 0) is 37.2 Å². The van der Waals surface area contributed by atoms with Crippen molar-refractivity contribution in [3.05, 3.63) is 59.3 Å². The number of amidine groups is 1. The van der Waals surface area contributed by atoms with Crippen LogP contribution in [-0.4, -0.2) is 20.6 Å². The van der Waals surface area contributed by atoms with Crippen LogP contribution in [0, 0.1) is 11.8 Å². The summed E-state index contributed by atoms with van der Waals surface area (Å²) in [6, 6.07) is 0. The average Bonchev–Trinajstić information content (AvgIpc) is 3.01. The number of aryl methyl sites for hydroxylation is 1. The van der Waals surface area contributed by atoms with Gasteiger partial charge in [0.1, 0.15) is 5.82 Å². The van der Waals surface area contributed by atoms with Crippen LogP contribution in [0.5, 0.6) is 0 Å². The van der Waals surface area contributed by atoms with E-state index in [2.05, 4.69) is 64.0 Å². The van der Waals surface area contributed by atoms with Gasteiger partial charge >= 0.3 is 0 Å². The van der Waals surface area contributed by atoms with E-state index in [1.807, 2.05) is 4.68 Å². The van der Waals surface area contributed by atoms with Gasteiger partial charge < -0.3 is 17.0 Å². The van der Waals surface area contributed by atoms with Crippen LogP contribution in [0.25, 0.3) is 0 Å². The van der Waals surface area contributed by atoms with E-state index in [4.69, 9.17) is 17.4 Å². The van der Waals surface area contributed by atoms with Gasteiger partial charge in [-0.25, -0.2) is 15.5 Å². The zero-order valence-corrected chi connectivity index (χ0v) is 17.8. The fraction of sp³-hybridized carbons (Fsp3) is 0.500. The van der Waals surface area contributed by atoms with E-state index in [9.17, 15) is 0 Å². The first kappa shape index (κ1) is 22.0.